The molecular formula is C9F21N. The molecule has 0 aliphatic carbocycles. The molecule has 188 valence electrons. The molecule has 0 fully saturated rings. The summed E-state index contributed by atoms with van der Waals surface area (Å²) in [5, 5.41) is 0. The highest BCUT2D eigenvalue weighted by Crippen LogP contribution is 2.65. The minimum absolute atomic E-state index is 5.69. The first-order valence-corrected chi connectivity index (χ1v) is 6.14. The number of hydrogen-bond acceptors (Lipinski definition) is 1. The molecule has 0 heterocycles. The molecular weight excluding hydrogens is 521 g/mol. The third-order valence-corrected chi connectivity index (χ3v) is 3.18. The summed E-state index contributed by atoms with van der Waals surface area (Å²) in [5.41, 5.74) is 0. The minimum Gasteiger partial charge on any atom is -0.205 e. The number of rotatable bonds is 3. The maximum absolute atomic E-state index is 13.8. The highest BCUT2D eigenvalue weighted by molar-refractivity contribution is 5.13. The van der Waals surface area contributed by atoms with Gasteiger partial charge in [0.1, 0.15) is 0 Å². The zero-order valence-corrected chi connectivity index (χ0v) is 12.9. The molecule has 22 heteroatoms. The fourth-order valence-electron chi connectivity index (χ4n) is 1.88. The molecule has 31 heavy (non-hydrogen) atoms. The van der Waals surface area contributed by atoms with Gasteiger partial charge in [0, 0.05) is 0 Å². The van der Waals surface area contributed by atoms with Crippen LogP contribution in [-0.4, -0.2) is 59.3 Å². The number of halogens is 21. The zero-order valence-electron chi connectivity index (χ0n) is 12.9. The van der Waals surface area contributed by atoms with Crippen LogP contribution < -0.4 is 0 Å². The van der Waals surface area contributed by atoms with Crippen molar-refractivity contribution < 1.29 is 92.2 Å². The number of nitrogens with zero attached hydrogens (tertiary/aromatic N) is 1. The van der Waals surface area contributed by atoms with Crippen molar-refractivity contribution in [1.82, 2.24) is 4.90 Å². The smallest absolute Gasteiger partial charge is 0.205 e. The molecule has 0 rings (SSSR count). The first-order valence-electron chi connectivity index (χ1n) is 6.14. The Morgan fingerprint density at radius 3 is 0.387 bits per heavy atom. The second-order valence-electron chi connectivity index (χ2n) is 5.19. The zero-order chi connectivity index (χ0) is 26.1. The molecule has 0 N–H and O–H groups in total. The van der Waals surface area contributed by atoms with Crippen LogP contribution in [0.4, 0.5) is 92.2 Å². The summed E-state index contributed by atoms with van der Waals surface area (Å²) in [5.74, 6) is -27.6. The molecule has 0 aromatic rings. The fraction of sp³-hybridized carbons (Fsp3) is 1.00. The molecule has 0 atom stereocenters. The van der Waals surface area contributed by atoms with Crippen LogP contribution >= 0.6 is 0 Å². The van der Waals surface area contributed by atoms with Gasteiger partial charge in [-0.3, -0.25) is 0 Å². The van der Waals surface area contributed by atoms with Crippen molar-refractivity contribution in [3.8, 4) is 0 Å². The van der Waals surface area contributed by atoms with Gasteiger partial charge in [0.2, 0.25) is 0 Å². The van der Waals surface area contributed by atoms with E-state index in [4.69, 9.17) is 0 Å². The molecule has 0 saturated heterocycles. The van der Waals surface area contributed by atoms with Gasteiger partial charge in [-0.1, -0.05) is 0 Å². The lowest BCUT2D eigenvalue weighted by Gasteiger charge is -2.52. The van der Waals surface area contributed by atoms with E-state index in [1.165, 1.54) is 0 Å². The topological polar surface area (TPSA) is 3.24 Å². The molecule has 0 aromatic heterocycles. The van der Waals surface area contributed by atoms with E-state index in [0.717, 1.165) is 0 Å². The largest absolute Gasteiger partial charge is 0.446 e. The Balaban J connectivity index is 8.29. The summed E-state index contributed by atoms with van der Waals surface area (Å²) in [7, 11) is 0. The number of alkyl halides is 21. The first-order chi connectivity index (χ1) is 12.9. The predicted octanol–water partition coefficient (Wildman–Crippen LogP) is 6.66. The maximum Gasteiger partial charge on any atom is 0.446 e. The van der Waals surface area contributed by atoms with Gasteiger partial charge in [-0.15, -0.1) is 0 Å². The van der Waals surface area contributed by atoms with Crippen molar-refractivity contribution >= 4 is 0 Å². The van der Waals surface area contributed by atoms with Crippen LogP contribution in [0.5, 0.6) is 0 Å². The molecule has 0 bridgehead atoms. The van der Waals surface area contributed by atoms with Gasteiger partial charge in [-0.2, -0.15) is 83.9 Å². The van der Waals surface area contributed by atoms with Crippen molar-refractivity contribution in [3.63, 3.8) is 0 Å². The van der Waals surface area contributed by atoms with E-state index in [1.807, 2.05) is 0 Å². The van der Waals surface area contributed by atoms with Gasteiger partial charge in [0.25, 0.3) is 0 Å². The van der Waals surface area contributed by atoms with Gasteiger partial charge in [-0.05, 0) is 0 Å². The molecule has 0 unspecified atom stereocenters. The summed E-state index contributed by atoms with van der Waals surface area (Å²) in [6, 6.07) is 0. The Bertz CT molecular complexity index is 502. The van der Waals surface area contributed by atoms with Crippen LogP contribution in [0.2, 0.25) is 0 Å². The third kappa shape index (κ3) is 4.02. The number of hydrogen-bond donors (Lipinski definition) is 0. The van der Waals surface area contributed by atoms with Crippen LogP contribution in [0.3, 0.4) is 0 Å². The van der Waals surface area contributed by atoms with Crippen LogP contribution in [-0.2, 0) is 0 Å². The van der Waals surface area contributed by atoms with Gasteiger partial charge >= 0.3 is 54.4 Å². The summed E-state index contributed by atoms with van der Waals surface area (Å²) in [4.78, 5) is -5.69. The second-order valence-corrected chi connectivity index (χ2v) is 5.19. The molecule has 0 aliphatic heterocycles. The highest BCUT2D eigenvalue weighted by Gasteiger charge is 2.96. The quantitative estimate of drug-likeness (QED) is 0.297. The van der Waals surface area contributed by atoms with E-state index in [-0.39, 0.29) is 0 Å². The van der Waals surface area contributed by atoms with Gasteiger partial charge in [-0.25, -0.2) is 13.2 Å². The van der Waals surface area contributed by atoms with Crippen molar-refractivity contribution in [2.45, 2.75) is 54.4 Å². The van der Waals surface area contributed by atoms with Gasteiger partial charge in [0.05, 0.1) is 0 Å². The Morgan fingerprint density at radius 2 is 0.323 bits per heavy atom. The SMILES string of the molecule is FC(F)(F)C(F)(N(C(F)(C(F)(F)F)C(F)(F)F)C(F)(C(F)(F)F)C(F)(F)F)C(F)(F)F. The summed E-state index contributed by atoms with van der Waals surface area (Å²) in [6.07, 6.45) is -52.2. The minimum atomic E-state index is -9.21. The van der Waals surface area contributed by atoms with Crippen molar-refractivity contribution in [3.05, 3.63) is 0 Å². The lowest BCUT2D eigenvalue weighted by molar-refractivity contribution is -0.531. The van der Waals surface area contributed by atoms with Crippen molar-refractivity contribution in [2.75, 3.05) is 0 Å². The Labute approximate surface area is 153 Å². The van der Waals surface area contributed by atoms with Crippen LogP contribution in [0, 0.1) is 0 Å². The molecule has 0 radical (unpaired) electrons. The van der Waals surface area contributed by atoms with E-state index in [9.17, 15) is 92.2 Å². The van der Waals surface area contributed by atoms with Gasteiger partial charge in [0.15, 0.2) is 0 Å². The maximum atomic E-state index is 13.8. The normalized spacial score (nSPS) is 16.8. The molecule has 0 amide bonds. The average molecular weight is 521 g/mol. The van der Waals surface area contributed by atoms with E-state index in [0.29, 0.717) is 0 Å². The Hall–Kier alpha value is -1.51. The molecule has 1 nitrogen and oxygen atoms in total. The van der Waals surface area contributed by atoms with E-state index >= 15 is 0 Å². The lowest BCUT2D eigenvalue weighted by Crippen LogP contribution is -2.85. The molecule has 0 spiro atoms. The lowest BCUT2D eigenvalue weighted by atomic mass is 9.98. The van der Waals surface area contributed by atoms with Crippen LogP contribution in [0.1, 0.15) is 0 Å². The summed E-state index contributed by atoms with van der Waals surface area (Å²) in [6.45, 7) is 0. The molecule has 0 aliphatic rings. The van der Waals surface area contributed by atoms with Crippen LogP contribution in [0.25, 0.3) is 0 Å². The molecule has 0 saturated carbocycles. The second kappa shape index (κ2) is 6.99. The third-order valence-electron chi connectivity index (χ3n) is 3.18. The average Bonchev–Trinajstić information content (AvgIpc) is 2.39. The van der Waals surface area contributed by atoms with Crippen molar-refractivity contribution in [2.24, 2.45) is 0 Å². The van der Waals surface area contributed by atoms with Gasteiger partial charge < -0.3 is 0 Å². The predicted molar refractivity (Wildman–Crippen MR) is 49.7 cm³/mol. The standard InChI is InChI=1S/C9F21N/c10-1(4(13,14)15,5(16,17)18)31(2(11,6(19,20)21)7(22,23)24)3(12,8(25,26)27)9(28,29)30. The fourth-order valence-corrected chi connectivity index (χ4v) is 1.88. The van der Waals surface area contributed by atoms with Crippen LogP contribution in [0.15, 0.2) is 0 Å². The molecule has 0 aromatic carbocycles. The van der Waals surface area contributed by atoms with E-state index in [1.54, 1.807) is 0 Å². The Kier molecular flexibility index (Phi) is 6.65. The summed E-state index contributed by atoms with van der Waals surface area (Å²) >= 11 is 0. The Morgan fingerprint density at radius 1 is 0.226 bits per heavy atom. The highest BCUT2D eigenvalue weighted by atomic mass is 19.5. The summed E-state index contributed by atoms with van der Waals surface area (Å²) < 4.78 is 267. The first kappa shape index (κ1) is 29.5. The monoisotopic (exact) mass is 521 g/mol. The van der Waals surface area contributed by atoms with E-state index in [2.05, 4.69) is 0 Å². The van der Waals surface area contributed by atoms with E-state index < -0.39 is 59.3 Å². The van der Waals surface area contributed by atoms with Crippen molar-refractivity contribution in [1.29, 1.82) is 0 Å².